The summed E-state index contributed by atoms with van der Waals surface area (Å²) in [6, 6.07) is 0. The van der Waals surface area contributed by atoms with Gasteiger partial charge in [0.05, 0.1) is 11.4 Å². The molecule has 0 radical (unpaired) electrons. The highest BCUT2D eigenvalue weighted by Crippen LogP contribution is 2.09. The molecule has 1 rings (SSSR count). The number of hydrogen-bond donors (Lipinski definition) is 2. The van der Waals surface area contributed by atoms with Crippen LogP contribution in [0.3, 0.4) is 0 Å². The minimum atomic E-state index is 0.444. The molecule has 0 aromatic carbocycles. The van der Waals surface area contributed by atoms with Gasteiger partial charge in [0.1, 0.15) is 0 Å². The van der Waals surface area contributed by atoms with Crippen LogP contribution in [0.4, 0.5) is 0 Å². The Kier molecular flexibility index (Phi) is 2.65. The van der Waals surface area contributed by atoms with Gasteiger partial charge in [-0.05, 0) is 37.0 Å². The topological polar surface area (TPSA) is 36.2 Å². The van der Waals surface area contributed by atoms with Crippen molar-refractivity contribution in [1.82, 2.24) is 0 Å². The standard InChI is InChI=1S/C8H10N2S/c1-2-6-3-4-8(10-11)7(9)5-6/h3-5,9,11H,2H2,1H3/b9-7?,10-8-. The molecular formula is C8H10N2S. The van der Waals surface area contributed by atoms with Crippen LogP contribution in [0.1, 0.15) is 13.3 Å². The van der Waals surface area contributed by atoms with Crippen LogP contribution in [0, 0.1) is 5.41 Å². The summed E-state index contributed by atoms with van der Waals surface area (Å²) in [5.41, 5.74) is 2.24. The van der Waals surface area contributed by atoms with Crippen molar-refractivity contribution in [3.63, 3.8) is 0 Å². The maximum absolute atomic E-state index is 7.47. The number of allylic oxidation sites excluding steroid dienone is 4. The second-order valence-corrected chi connectivity index (χ2v) is 2.51. The van der Waals surface area contributed by atoms with Gasteiger partial charge in [-0.25, -0.2) is 4.40 Å². The summed E-state index contributed by atoms with van der Waals surface area (Å²) >= 11 is 3.75. The van der Waals surface area contributed by atoms with Crippen molar-refractivity contribution < 1.29 is 0 Å². The number of nitrogens with zero attached hydrogens (tertiary/aromatic N) is 1. The van der Waals surface area contributed by atoms with Crippen LogP contribution in [0.2, 0.25) is 0 Å². The van der Waals surface area contributed by atoms with Gasteiger partial charge in [-0.3, -0.25) is 5.41 Å². The van der Waals surface area contributed by atoms with E-state index in [2.05, 4.69) is 24.1 Å². The highest BCUT2D eigenvalue weighted by molar-refractivity contribution is 7.79. The lowest BCUT2D eigenvalue weighted by molar-refractivity contribution is 1.15. The molecule has 0 heterocycles. The fourth-order valence-corrected chi connectivity index (χ4v) is 1.06. The highest BCUT2D eigenvalue weighted by Gasteiger charge is 2.05. The van der Waals surface area contributed by atoms with E-state index in [4.69, 9.17) is 5.41 Å². The molecule has 0 aromatic rings. The van der Waals surface area contributed by atoms with E-state index < -0.39 is 0 Å². The molecule has 1 aliphatic carbocycles. The lowest BCUT2D eigenvalue weighted by Gasteiger charge is -2.05. The molecular weight excluding hydrogens is 156 g/mol. The average Bonchev–Trinajstić information content (AvgIpc) is 2.04. The Labute approximate surface area is 71.8 Å². The second kappa shape index (κ2) is 3.53. The van der Waals surface area contributed by atoms with Crippen LogP contribution in [0.25, 0.3) is 0 Å². The number of nitrogens with one attached hydrogen (secondary N) is 1. The number of thiol groups is 1. The Hall–Kier alpha value is -0.830. The third-order valence-corrected chi connectivity index (χ3v) is 1.79. The van der Waals surface area contributed by atoms with E-state index in [9.17, 15) is 0 Å². The molecule has 0 spiro atoms. The Morgan fingerprint density at radius 3 is 2.73 bits per heavy atom. The SMILES string of the molecule is CCC1=CC(=N)/C(=N\S)C=C1. The quantitative estimate of drug-likeness (QED) is 0.442. The van der Waals surface area contributed by atoms with Crippen molar-refractivity contribution in [2.75, 3.05) is 0 Å². The molecule has 0 saturated heterocycles. The fraction of sp³-hybridized carbons (Fsp3) is 0.250. The van der Waals surface area contributed by atoms with Gasteiger partial charge in [0.2, 0.25) is 0 Å². The maximum Gasteiger partial charge on any atom is 0.0959 e. The first kappa shape index (κ1) is 8.27. The Bertz CT molecular complexity index is 261. The molecule has 3 heteroatoms. The summed E-state index contributed by atoms with van der Waals surface area (Å²) < 4.78 is 3.65. The lowest BCUT2D eigenvalue weighted by Crippen LogP contribution is -2.10. The van der Waals surface area contributed by atoms with Crippen LogP contribution in [-0.4, -0.2) is 11.4 Å². The normalized spacial score (nSPS) is 20.7. The molecule has 0 fully saturated rings. The zero-order valence-corrected chi connectivity index (χ0v) is 7.23. The highest BCUT2D eigenvalue weighted by atomic mass is 32.1. The van der Waals surface area contributed by atoms with Crippen LogP contribution in [0.5, 0.6) is 0 Å². The average molecular weight is 166 g/mol. The van der Waals surface area contributed by atoms with Gasteiger partial charge in [0, 0.05) is 0 Å². The number of rotatable bonds is 1. The predicted molar refractivity (Wildman–Crippen MR) is 51.7 cm³/mol. The lowest BCUT2D eigenvalue weighted by atomic mass is 10.0. The summed E-state index contributed by atoms with van der Waals surface area (Å²) in [7, 11) is 0. The van der Waals surface area contributed by atoms with Crippen molar-refractivity contribution >= 4 is 24.2 Å². The van der Waals surface area contributed by atoms with Crippen LogP contribution >= 0.6 is 12.8 Å². The first-order valence-corrected chi connectivity index (χ1v) is 3.87. The van der Waals surface area contributed by atoms with E-state index in [-0.39, 0.29) is 0 Å². The molecule has 1 aliphatic rings. The van der Waals surface area contributed by atoms with Crippen molar-refractivity contribution in [3.05, 3.63) is 23.8 Å². The molecule has 0 aliphatic heterocycles. The molecule has 11 heavy (non-hydrogen) atoms. The number of hydrogen-bond acceptors (Lipinski definition) is 3. The van der Waals surface area contributed by atoms with Gasteiger partial charge < -0.3 is 0 Å². The second-order valence-electron chi connectivity index (χ2n) is 2.31. The van der Waals surface area contributed by atoms with Crippen LogP contribution < -0.4 is 0 Å². The smallest absolute Gasteiger partial charge is 0.0959 e. The Morgan fingerprint density at radius 2 is 2.27 bits per heavy atom. The van der Waals surface area contributed by atoms with E-state index in [0.717, 1.165) is 12.0 Å². The summed E-state index contributed by atoms with van der Waals surface area (Å²) in [5.74, 6) is 0. The Morgan fingerprint density at radius 1 is 1.55 bits per heavy atom. The zero-order chi connectivity index (χ0) is 8.27. The van der Waals surface area contributed by atoms with Gasteiger partial charge in [-0.2, -0.15) is 0 Å². The zero-order valence-electron chi connectivity index (χ0n) is 6.33. The van der Waals surface area contributed by atoms with Crippen LogP contribution in [-0.2, 0) is 0 Å². The minimum absolute atomic E-state index is 0.444. The van der Waals surface area contributed by atoms with Gasteiger partial charge in [-0.15, -0.1) is 0 Å². The molecule has 0 unspecified atom stereocenters. The van der Waals surface area contributed by atoms with E-state index >= 15 is 0 Å². The van der Waals surface area contributed by atoms with Crippen LogP contribution in [0.15, 0.2) is 28.2 Å². The Balaban J connectivity index is 2.88. The first-order chi connectivity index (χ1) is 5.27. The van der Waals surface area contributed by atoms with Crippen molar-refractivity contribution in [1.29, 1.82) is 5.41 Å². The molecule has 0 bridgehead atoms. The van der Waals surface area contributed by atoms with Crippen molar-refractivity contribution in [2.45, 2.75) is 13.3 Å². The molecule has 2 nitrogen and oxygen atoms in total. The summed E-state index contributed by atoms with van der Waals surface area (Å²) in [4.78, 5) is 0. The van der Waals surface area contributed by atoms with Gasteiger partial charge in [-0.1, -0.05) is 13.0 Å². The maximum atomic E-state index is 7.47. The minimum Gasteiger partial charge on any atom is -0.299 e. The molecule has 0 saturated carbocycles. The third-order valence-electron chi connectivity index (χ3n) is 1.58. The van der Waals surface area contributed by atoms with Crippen molar-refractivity contribution in [3.8, 4) is 0 Å². The molecule has 0 aromatic heterocycles. The third kappa shape index (κ3) is 1.80. The molecule has 0 amide bonds. The predicted octanol–water partition coefficient (Wildman–Crippen LogP) is 2.20. The fourth-order valence-electron chi connectivity index (χ4n) is 0.890. The van der Waals surface area contributed by atoms with E-state index in [0.29, 0.717) is 11.4 Å². The van der Waals surface area contributed by atoms with Gasteiger partial charge in [0.15, 0.2) is 0 Å². The molecule has 0 atom stereocenters. The van der Waals surface area contributed by atoms with Gasteiger partial charge in [0.25, 0.3) is 0 Å². The molecule has 1 N–H and O–H groups in total. The van der Waals surface area contributed by atoms with E-state index in [1.807, 2.05) is 18.2 Å². The van der Waals surface area contributed by atoms with Gasteiger partial charge >= 0.3 is 0 Å². The van der Waals surface area contributed by atoms with E-state index in [1.54, 1.807) is 0 Å². The van der Waals surface area contributed by atoms with E-state index in [1.165, 1.54) is 0 Å². The summed E-state index contributed by atoms with van der Waals surface area (Å²) in [6.45, 7) is 2.06. The monoisotopic (exact) mass is 166 g/mol. The van der Waals surface area contributed by atoms with Crippen molar-refractivity contribution in [2.24, 2.45) is 4.40 Å². The summed E-state index contributed by atoms with van der Waals surface area (Å²) in [6.07, 6.45) is 6.55. The first-order valence-electron chi connectivity index (χ1n) is 3.47. The largest absolute Gasteiger partial charge is 0.299 e. The summed E-state index contributed by atoms with van der Waals surface area (Å²) in [5, 5.41) is 7.47. The molecule has 58 valence electrons.